The summed E-state index contributed by atoms with van der Waals surface area (Å²) in [6, 6.07) is 9.79. The highest BCUT2D eigenvalue weighted by molar-refractivity contribution is 7.91. The third-order valence-electron chi connectivity index (χ3n) is 4.83. The fourth-order valence-electron chi connectivity index (χ4n) is 3.33. The first-order chi connectivity index (χ1) is 12.9. The summed E-state index contributed by atoms with van der Waals surface area (Å²) in [6.45, 7) is 2.55. The van der Waals surface area contributed by atoms with Crippen molar-refractivity contribution in [2.24, 2.45) is 0 Å². The van der Waals surface area contributed by atoms with Gasteiger partial charge in [-0.1, -0.05) is 18.2 Å². The Hall–Kier alpha value is -2.35. The van der Waals surface area contributed by atoms with E-state index < -0.39 is 9.84 Å². The molecule has 1 fully saturated rings. The molecule has 27 heavy (non-hydrogen) atoms. The van der Waals surface area contributed by atoms with Gasteiger partial charge in [-0.25, -0.2) is 18.4 Å². The summed E-state index contributed by atoms with van der Waals surface area (Å²) in [6.07, 6.45) is 1.44. The molecule has 1 aromatic heterocycles. The lowest BCUT2D eigenvalue weighted by molar-refractivity contribution is 0.410. The number of nitrogens with zero attached hydrogens (tertiary/aromatic N) is 3. The van der Waals surface area contributed by atoms with Crippen LogP contribution in [0.15, 0.2) is 30.3 Å². The van der Waals surface area contributed by atoms with Gasteiger partial charge >= 0.3 is 0 Å². The van der Waals surface area contributed by atoms with Crippen molar-refractivity contribution in [1.29, 1.82) is 0 Å². The molecule has 1 atom stereocenters. The first-order valence-corrected chi connectivity index (χ1v) is 10.8. The van der Waals surface area contributed by atoms with Gasteiger partial charge in [0.05, 0.1) is 18.6 Å². The van der Waals surface area contributed by atoms with E-state index in [9.17, 15) is 8.42 Å². The average molecular weight is 391 g/mol. The van der Waals surface area contributed by atoms with Crippen LogP contribution in [0.4, 0.5) is 11.6 Å². The Morgan fingerprint density at radius 1 is 1.30 bits per heavy atom. The van der Waals surface area contributed by atoms with Crippen LogP contribution < -0.4 is 15.0 Å². The number of para-hydroxylation sites is 1. The molecule has 1 N–H and O–H groups in total. The van der Waals surface area contributed by atoms with Gasteiger partial charge in [-0.3, -0.25) is 0 Å². The van der Waals surface area contributed by atoms with Crippen LogP contribution in [0, 0.1) is 6.92 Å². The zero-order valence-corrected chi connectivity index (χ0v) is 16.8. The number of aromatic nitrogens is 2. The number of aryl methyl sites for hydroxylation is 1. The molecule has 0 amide bonds. The van der Waals surface area contributed by atoms with Gasteiger partial charge in [-0.05, 0) is 31.4 Å². The van der Waals surface area contributed by atoms with E-state index in [0.717, 1.165) is 29.4 Å². The summed E-state index contributed by atoms with van der Waals surface area (Å²) < 4.78 is 28.9. The van der Waals surface area contributed by atoms with Crippen LogP contribution in [0.3, 0.4) is 0 Å². The van der Waals surface area contributed by atoms with E-state index in [1.807, 2.05) is 49.2 Å². The SMILES string of the molecule is COc1ccccc1CCNc1cc(N(C)C2CCS(=O)(=O)C2)nc(C)n1. The van der Waals surface area contributed by atoms with Gasteiger partial charge in [0.2, 0.25) is 0 Å². The largest absolute Gasteiger partial charge is 0.496 e. The maximum Gasteiger partial charge on any atom is 0.152 e. The summed E-state index contributed by atoms with van der Waals surface area (Å²) in [4.78, 5) is 10.9. The highest BCUT2D eigenvalue weighted by Crippen LogP contribution is 2.23. The molecular formula is C19H26N4O3S. The minimum atomic E-state index is -2.93. The summed E-state index contributed by atoms with van der Waals surface area (Å²) in [5, 5.41) is 3.34. The molecule has 1 saturated heterocycles. The van der Waals surface area contributed by atoms with Crippen molar-refractivity contribution >= 4 is 21.5 Å². The van der Waals surface area contributed by atoms with E-state index in [0.29, 0.717) is 18.8 Å². The molecule has 1 aliphatic rings. The Bertz CT molecular complexity index is 902. The summed E-state index contributed by atoms with van der Waals surface area (Å²) >= 11 is 0. The number of anilines is 2. The quantitative estimate of drug-likeness (QED) is 0.775. The van der Waals surface area contributed by atoms with Gasteiger partial charge in [-0.2, -0.15) is 0 Å². The maximum atomic E-state index is 11.8. The zero-order chi connectivity index (χ0) is 19.4. The first-order valence-electron chi connectivity index (χ1n) is 9.02. The Morgan fingerprint density at radius 3 is 2.78 bits per heavy atom. The topological polar surface area (TPSA) is 84.4 Å². The van der Waals surface area contributed by atoms with E-state index in [4.69, 9.17) is 4.74 Å². The predicted octanol–water partition coefficient (Wildman–Crippen LogP) is 2.07. The van der Waals surface area contributed by atoms with Crippen LogP contribution in [0.5, 0.6) is 5.75 Å². The highest BCUT2D eigenvalue weighted by atomic mass is 32.2. The standard InChI is InChI=1S/C19H26N4O3S/c1-14-21-18(20-10-8-15-6-4-5-7-17(15)26-3)12-19(22-14)23(2)16-9-11-27(24,25)13-16/h4-7,12,16H,8-11,13H2,1-3H3,(H,20,21,22). The number of hydrogen-bond donors (Lipinski definition) is 1. The van der Waals surface area contributed by atoms with Gasteiger partial charge in [-0.15, -0.1) is 0 Å². The van der Waals surface area contributed by atoms with Gasteiger partial charge in [0, 0.05) is 25.7 Å². The van der Waals surface area contributed by atoms with Crippen LogP contribution in [0.1, 0.15) is 17.8 Å². The van der Waals surface area contributed by atoms with Crippen molar-refractivity contribution in [2.75, 3.05) is 42.4 Å². The van der Waals surface area contributed by atoms with Crippen molar-refractivity contribution < 1.29 is 13.2 Å². The first kappa shape index (κ1) is 19.4. The van der Waals surface area contributed by atoms with Crippen LogP contribution in [-0.2, 0) is 16.3 Å². The number of ether oxygens (including phenoxy) is 1. The Labute approximate surface area is 160 Å². The fraction of sp³-hybridized carbons (Fsp3) is 0.474. The van der Waals surface area contributed by atoms with Crippen molar-refractivity contribution in [3.63, 3.8) is 0 Å². The van der Waals surface area contributed by atoms with E-state index in [-0.39, 0.29) is 17.5 Å². The van der Waals surface area contributed by atoms with Crippen molar-refractivity contribution in [3.8, 4) is 5.75 Å². The monoisotopic (exact) mass is 390 g/mol. The number of nitrogens with one attached hydrogen (secondary N) is 1. The van der Waals surface area contributed by atoms with Crippen molar-refractivity contribution in [2.45, 2.75) is 25.8 Å². The molecule has 8 heteroatoms. The fourth-order valence-corrected chi connectivity index (χ4v) is 5.10. The average Bonchev–Trinajstić information content (AvgIpc) is 3.01. The molecular weight excluding hydrogens is 364 g/mol. The van der Waals surface area contributed by atoms with E-state index in [2.05, 4.69) is 15.3 Å². The van der Waals surface area contributed by atoms with Crippen molar-refractivity contribution in [1.82, 2.24) is 9.97 Å². The number of sulfone groups is 1. The molecule has 146 valence electrons. The Balaban J connectivity index is 1.66. The van der Waals surface area contributed by atoms with Gasteiger partial charge in [0.25, 0.3) is 0 Å². The molecule has 1 aromatic carbocycles. The number of benzene rings is 1. The molecule has 0 radical (unpaired) electrons. The second-order valence-corrected chi connectivity index (χ2v) is 9.04. The zero-order valence-electron chi connectivity index (χ0n) is 16.0. The highest BCUT2D eigenvalue weighted by Gasteiger charge is 2.31. The molecule has 2 aromatic rings. The van der Waals surface area contributed by atoms with E-state index in [1.54, 1.807) is 7.11 Å². The van der Waals surface area contributed by atoms with Gasteiger partial charge in [0.1, 0.15) is 23.2 Å². The maximum absolute atomic E-state index is 11.8. The second kappa shape index (κ2) is 8.12. The Morgan fingerprint density at radius 2 is 2.07 bits per heavy atom. The van der Waals surface area contributed by atoms with Gasteiger partial charge < -0.3 is 15.0 Å². The molecule has 1 unspecified atom stereocenters. The van der Waals surface area contributed by atoms with Crippen LogP contribution >= 0.6 is 0 Å². The van der Waals surface area contributed by atoms with E-state index >= 15 is 0 Å². The van der Waals surface area contributed by atoms with Crippen LogP contribution in [-0.4, -0.2) is 56.6 Å². The minimum absolute atomic E-state index is 0.0364. The molecule has 0 saturated carbocycles. The third kappa shape index (κ3) is 4.88. The minimum Gasteiger partial charge on any atom is -0.496 e. The molecule has 3 rings (SSSR count). The normalized spacial score (nSPS) is 18.3. The summed E-state index contributed by atoms with van der Waals surface area (Å²) in [7, 11) is 0.634. The molecule has 0 spiro atoms. The van der Waals surface area contributed by atoms with Crippen LogP contribution in [0.2, 0.25) is 0 Å². The lowest BCUT2D eigenvalue weighted by Crippen LogP contribution is -2.33. The number of hydrogen-bond acceptors (Lipinski definition) is 7. The Kier molecular flexibility index (Phi) is 5.84. The number of methoxy groups -OCH3 is 1. The molecule has 0 bridgehead atoms. The molecule has 2 heterocycles. The lowest BCUT2D eigenvalue weighted by Gasteiger charge is -2.25. The number of rotatable bonds is 7. The molecule has 7 nitrogen and oxygen atoms in total. The van der Waals surface area contributed by atoms with Gasteiger partial charge in [0.15, 0.2) is 9.84 Å². The third-order valence-corrected chi connectivity index (χ3v) is 6.59. The van der Waals surface area contributed by atoms with Crippen molar-refractivity contribution in [3.05, 3.63) is 41.7 Å². The second-order valence-electron chi connectivity index (χ2n) is 6.81. The smallest absolute Gasteiger partial charge is 0.152 e. The summed E-state index contributed by atoms with van der Waals surface area (Å²) in [5.74, 6) is 3.43. The van der Waals surface area contributed by atoms with Crippen LogP contribution in [0.25, 0.3) is 0 Å². The summed E-state index contributed by atoms with van der Waals surface area (Å²) in [5.41, 5.74) is 1.13. The predicted molar refractivity (Wildman–Crippen MR) is 107 cm³/mol. The lowest BCUT2D eigenvalue weighted by atomic mass is 10.1. The molecule has 1 aliphatic heterocycles. The van der Waals surface area contributed by atoms with E-state index in [1.165, 1.54) is 0 Å². The molecule has 0 aliphatic carbocycles.